The van der Waals surface area contributed by atoms with E-state index in [1.807, 2.05) is 11.8 Å². The van der Waals surface area contributed by atoms with Crippen molar-refractivity contribution in [1.29, 1.82) is 0 Å². The standard InChI is InChI=1S/C14H26N2O2/c1-2-12-18-14(17)16-10-6-13(7-11-16)15-8-4-3-5-9-15/h13H,2-12H2,1H3. The molecular weight excluding hydrogens is 228 g/mol. The molecule has 2 heterocycles. The summed E-state index contributed by atoms with van der Waals surface area (Å²) in [7, 11) is 0. The van der Waals surface area contributed by atoms with Crippen molar-refractivity contribution >= 4 is 6.09 Å². The molecule has 2 aliphatic heterocycles. The van der Waals surface area contributed by atoms with Gasteiger partial charge in [0.25, 0.3) is 0 Å². The monoisotopic (exact) mass is 254 g/mol. The molecule has 0 bridgehead atoms. The molecule has 0 atom stereocenters. The second-order valence-electron chi connectivity index (χ2n) is 5.43. The Labute approximate surface area is 110 Å². The van der Waals surface area contributed by atoms with E-state index in [1.54, 1.807) is 0 Å². The van der Waals surface area contributed by atoms with Gasteiger partial charge in [-0.05, 0) is 45.2 Å². The molecule has 2 aliphatic rings. The van der Waals surface area contributed by atoms with E-state index in [9.17, 15) is 4.79 Å². The molecule has 104 valence electrons. The first-order chi connectivity index (χ1) is 8.81. The van der Waals surface area contributed by atoms with Crippen LogP contribution < -0.4 is 0 Å². The van der Waals surface area contributed by atoms with Crippen LogP contribution in [0.4, 0.5) is 4.79 Å². The maximum atomic E-state index is 11.7. The summed E-state index contributed by atoms with van der Waals surface area (Å²) in [5.41, 5.74) is 0. The highest BCUT2D eigenvalue weighted by molar-refractivity contribution is 5.67. The number of carbonyl (C=O) groups excluding carboxylic acids is 1. The summed E-state index contributed by atoms with van der Waals surface area (Å²) < 4.78 is 5.18. The maximum Gasteiger partial charge on any atom is 0.409 e. The minimum atomic E-state index is -0.117. The first kappa shape index (κ1) is 13.7. The Hall–Kier alpha value is -0.770. The number of likely N-dealkylation sites (tertiary alicyclic amines) is 2. The highest BCUT2D eigenvalue weighted by Gasteiger charge is 2.27. The summed E-state index contributed by atoms with van der Waals surface area (Å²) >= 11 is 0. The quantitative estimate of drug-likeness (QED) is 0.775. The number of hydrogen-bond donors (Lipinski definition) is 0. The third-order valence-corrected chi connectivity index (χ3v) is 4.06. The van der Waals surface area contributed by atoms with Gasteiger partial charge in [-0.1, -0.05) is 13.3 Å². The number of nitrogens with zero attached hydrogens (tertiary/aromatic N) is 2. The molecule has 4 heteroatoms. The van der Waals surface area contributed by atoms with Gasteiger partial charge >= 0.3 is 6.09 Å². The average Bonchev–Trinajstić information content (AvgIpc) is 2.46. The van der Waals surface area contributed by atoms with Crippen LogP contribution >= 0.6 is 0 Å². The minimum Gasteiger partial charge on any atom is -0.449 e. The highest BCUT2D eigenvalue weighted by Crippen LogP contribution is 2.21. The van der Waals surface area contributed by atoms with E-state index >= 15 is 0 Å². The first-order valence-corrected chi connectivity index (χ1v) is 7.47. The van der Waals surface area contributed by atoms with Crippen LogP contribution in [0.1, 0.15) is 45.4 Å². The van der Waals surface area contributed by atoms with Crippen molar-refractivity contribution in [2.24, 2.45) is 0 Å². The van der Waals surface area contributed by atoms with Crippen molar-refractivity contribution in [2.45, 2.75) is 51.5 Å². The lowest BCUT2D eigenvalue weighted by molar-refractivity contribution is 0.0663. The van der Waals surface area contributed by atoms with Gasteiger partial charge < -0.3 is 14.5 Å². The third kappa shape index (κ3) is 3.61. The van der Waals surface area contributed by atoms with Gasteiger partial charge in [-0.2, -0.15) is 0 Å². The molecule has 4 nitrogen and oxygen atoms in total. The van der Waals surface area contributed by atoms with Gasteiger partial charge in [-0.3, -0.25) is 0 Å². The summed E-state index contributed by atoms with van der Waals surface area (Å²) in [5, 5.41) is 0. The van der Waals surface area contributed by atoms with Gasteiger partial charge in [-0.25, -0.2) is 4.79 Å². The van der Waals surface area contributed by atoms with Gasteiger partial charge in [-0.15, -0.1) is 0 Å². The number of amides is 1. The second-order valence-corrected chi connectivity index (χ2v) is 5.43. The summed E-state index contributed by atoms with van der Waals surface area (Å²) in [6.45, 7) is 6.81. The van der Waals surface area contributed by atoms with Gasteiger partial charge in [0.2, 0.25) is 0 Å². The Morgan fingerprint density at radius 1 is 1.11 bits per heavy atom. The van der Waals surface area contributed by atoms with Crippen molar-refractivity contribution in [3.8, 4) is 0 Å². The van der Waals surface area contributed by atoms with E-state index < -0.39 is 0 Å². The van der Waals surface area contributed by atoms with Gasteiger partial charge in [0, 0.05) is 19.1 Å². The molecule has 0 aromatic heterocycles. The minimum absolute atomic E-state index is 0.117. The van der Waals surface area contributed by atoms with Crippen molar-refractivity contribution in [3.63, 3.8) is 0 Å². The SMILES string of the molecule is CCCOC(=O)N1CCC(N2CCCCC2)CC1. The predicted molar refractivity (Wildman–Crippen MR) is 71.7 cm³/mol. The molecule has 1 amide bonds. The van der Waals surface area contributed by atoms with Crippen LogP contribution in [0.5, 0.6) is 0 Å². The fourth-order valence-electron chi connectivity index (χ4n) is 2.98. The van der Waals surface area contributed by atoms with E-state index in [0.717, 1.165) is 32.4 Å². The second kappa shape index (κ2) is 6.98. The number of rotatable bonds is 3. The number of hydrogen-bond acceptors (Lipinski definition) is 3. The average molecular weight is 254 g/mol. The Kier molecular flexibility index (Phi) is 5.29. The molecule has 0 spiro atoms. The maximum absolute atomic E-state index is 11.7. The molecule has 0 aliphatic carbocycles. The van der Waals surface area contributed by atoms with Gasteiger partial charge in [0.1, 0.15) is 0 Å². The Bertz CT molecular complexity index is 257. The van der Waals surface area contributed by atoms with Crippen LogP contribution in [0.3, 0.4) is 0 Å². The molecule has 2 fully saturated rings. The van der Waals surface area contributed by atoms with Crippen LogP contribution in [0.2, 0.25) is 0 Å². The molecule has 0 saturated carbocycles. The molecule has 0 N–H and O–H groups in total. The smallest absolute Gasteiger partial charge is 0.409 e. The lowest BCUT2D eigenvalue weighted by atomic mass is 10.0. The lowest BCUT2D eigenvalue weighted by Crippen LogP contribution is -2.48. The van der Waals surface area contributed by atoms with Crippen molar-refractivity contribution < 1.29 is 9.53 Å². The number of ether oxygens (including phenoxy) is 1. The fourth-order valence-corrected chi connectivity index (χ4v) is 2.98. The summed E-state index contributed by atoms with van der Waals surface area (Å²) in [6.07, 6.45) is 7.09. The van der Waals surface area contributed by atoms with Crippen LogP contribution in [-0.4, -0.2) is 54.7 Å². The van der Waals surface area contributed by atoms with Crippen molar-refractivity contribution in [1.82, 2.24) is 9.80 Å². The zero-order valence-electron chi connectivity index (χ0n) is 11.6. The predicted octanol–water partition coefficient (Wildman–Crippen LogP) is 2.48. The molecular formula is C14H26N2O2. The molecule has 0 aromatic rings. The normalized spacial score (nSPS) is 23.1. The zero-order chi connectivity index (χ0) is 12.8. The molecule has 0 unspecified atom stereocenters. The number of carbonyl (C=O) groups is 1. The van der Waals surface area contributed by atoms with E-state index in [1.165, 1.54) is 32.4 Å². The van der Waals surface area contributed by atoms with E-state index in [0.29, 0.717) is 12.6 Å². The summed E-state index contributed by atoms with van der Waals surface area (Å²) in [4.78, 5) is 16.2. The van der Waals surface area contributed by atoms with Crippen LogP contribution in [0.15, 0.2) is 0 Å². The Morgan fingerprint density at radius 3 is 2.39 bits per heavy atom. The van der Waals surface area contributed by atoms with E-state index in [-0.39, 0.29) is 6.09 Å². The van der Waals surface area contributed by atoms with E-state index in [2.05, 4.69) is 4.90 Å². The molecule has 2 rings (SSSR count). The topological polar surface area (TPSA) is 32.8 Å². The van der Waals surface area contributed by atoms with E-state index in [4.69, 9.17) is 4.74 Å². The highest BCUT2D eigenvalue weighted by atomic mass is 16.6. The van der Waals surface area contributed by atoms with Crippen molar-refractivity contribution in [3.05, 3.63) is 0 Å². The van der Waals surface area contributed by atoms with Crippen LogP contribution in [0, 0.1) is 0 Å². The number of piperidine rings is 2. The molecule has 2 saturated heterocycles. The summed E-state index contributed by atoms with van der Waals surface area (Å²) in [5.74, 6) is 0. The fraction of sp³-hybridized carbons (Fsp3) is 0.929. The molecule has 18 heavy (non-hydrogen) atoms. The zero-order valence-corrected chi connectivity index (χ0v) is 11.6. The van der Waals surface area contributed by atoms with Crippen LogP contribution in [-0.2, 0) is 4.74 Å². The molecule has 0 radical (unpaired) electrons. The molecule has 0 aromatic carbocycles. The van der Waals surface area contributed by atoms with Gasteiger partial charge in [0.05, 0.1) is 6.61 Å². The Morgan fingerprint density at radius 2 is 1.78 bits per heavy atom. The van der Waals surface area contributed by atoms with Gasteiger partial charge in [0.15, 0.2) is 0 Å². The van der Waals surface area contributed by atoms with Crippen molar-refractivity contribution in [2.75, 3.05) is 32.8 Å². The largest absolute Gasteiger partial charge is 0.449 e. The first-order valence-electron chi connectivity index (χ1n) is 7.47. The Balaban J connectivity index is 1.71. The summed E-state index contributed by atoms with van der Waals surface area (Å²) in [6, 6.07) is 0.695. The third-order valence-electron chi connectivity index (χ3n) is 4.06. The lowest BCUT2D eigenvalue weighted by Gasteiger charge is -2.39. The van der Waals surface area contributed by atoms with Crippen LogP contribution in [0.25, 0.3) is 0 Å².